The van der Waals surface area contributed by atoms with Gasteiger partial charge in [0.1, 0.15) is 12.4 Å². The van der Waals surface area contributed by atoms with E-state index in [1.807, 2.05) is 30.3 Å². The highest BCUT2D eigenvalue weighted by atomic mass is 79.9. The predicted molar refractivity (Wildman–Crippen MR) is 89.7 cm³/mol. The normalized spacial score (nSPS) is 10.9. The molecule has 0 aliphatic rings. The SMILES string of the molecule is CC(C)NCc1cccc(COc2cc(Br)ccc2Cl)n1. The van der Waals surface area contributed by atoms with Crippen LogP contribution in [0.15, 0.2) is 40.9 Å². The zero-order valence-electron chi connectivity index (χ0n) is 12.1. The number of halogens is 2. The molecule has 0 saturated heterocycles. The standard InChI is InChI=1S/C16H18BrClN2O/c1-11(2)19-9-13-4-3-5-14(20-13)10-21-16-8-12(17)6-7-15(16)18/h3-8,11,19H,9-10H2,1-2H3. The van der Waals surface area contributed by atoms with E-state index in [0.717, 1.165) is 22.4 Å². The summed E-state index contributed by atoms with van der Waals surface area (Å²) >= 11 is 9.51. The number of benzene rings is 1. The third kappa shape index (κ3) is 5.30. The largest absolute Gasteiger partial charge is 0.486 e. The Labute approximate surface area is 138 Å². The van der Waals surface area contributed by atoms with Crippen molar-refractivity contribution in [2.45, 2.75) is 33.0 Å². The lowest BCUT2D eigenvalue weighted by Crippen LogP contribution is -2.22. The van der Waals surface area contributed by atoms with E-state index in [2.05, 4.69) is 40.1 Å². The Morgan fingerprint density at radius 3 is 2.76 bits per heavy atom. The molecule has 1 aromatic heterocycles. The van der Waals surface area contributed by atoms with Gasteiger partial charge >= 0.3 is 0 Å². The summed E-state index contributed by atoms with van der Waals surface area (Å²) in [5, 5.41) is 3.94. The Morgan fingerprint density at radius 2 is 2.00 bits per heavy atom. The van der Waals surface area contributed by atoms with E-state index >= 15 is 0 Å². The average Bonchev–Trinajstić information content (AvgIpc) is 2.46. The molecule has 0 atom stereocenters. The van der Waals surface area contributed by atoms with Crippen LogP contribution in [0, 0.1) is 0 Å². The zero-order chi connectivity index (χ0) is 15.2. The van der Waals surface area contributed by atoms with Crippen molar-refractivity contribution in [2.24, 2.45) is 0 Å². The molecule has 3 nitrogen and oxygen atoms in total. The Balaban J connectivity index is 1.99. The number of pyridine rings is 1. The van der Waals surface area contributed by atoms with Crippen molar-refractivity contribution in [2.75, 3.05) is 0 Å². The molecule has 0 unspecified atom stereocenters. The average molecular weight is 370 g/mol. The summed E-state index contributed by atoms with van der Waals surface area (Å²) in [6.45, 7) is 5.37. The second-order valence-electron chi connectivity index (χ2n) is 5.02. The Kier molecular flexibility index (Phi) is 6.03. The van der Waals surface area contributed by atoms with Gasteiger partial charge in [0.25, 0.3) is 0 Å². The molecule has 0 bridgehead atoms. The topological polar surface area (TPSA) is 34.1 Å². The molecule has 0 aliphatic carbocycles. The van der Waals surface area contributed by atoms with E-state index in [1.165, 1.54) is 0 Å². The molecule has 0 spiro atoms. The monoisotopic (exact) mass is 368 g/mol. The maximum Gasteiger partial charge on any atom is 0.139 e. The van der Waals surface area contributed by atoms with Crippen LogP contribution in [-0.2, 0) is 13.2 Å². The first-order valence-electron chi connectivity index (χ1n) is 6.80. The summed E-state index contributed by atoms with van der Waals surface area (Å²) in [7, 11) is 0. The first-order valence-corrected chi connectivity index (χ1v) is 7.98. The number of hydrogen-bond acceptors (Lipinski definition) is 3. The fourth-order valence-electron chi connectivity index (χ4n) is 1.76. The van der Waals surface area contributed by atoms with Crippen LogP contribution >= 0.6 is 27.5 Å². The van der Waals surface area contributed by atoms with Crippen molar-refractivity contribution in [1.29, 1.82) is 0 Å². The van der Waals surface area contributed by atoms with Gasteiger partial charge in [0, 0.05) is 17.1 Å². The minimum atomic E-state index is 0.395. The van der Waals surface area contributed by atoms with Gasteiger partial charge < -0.3 is 10.1 Å². The number of aromatic nitrogens is 1. The van der Waals surface area contributed by atoms with Crippen LogP contribution in [0.1, 0.15) is 25.2 Å². The van der Waals surface area contributed by atoms with Crippen molar-refractivity contribution < 1.29 is 4.74 Å². The van der Waals surface area contributed by atoms with Crippen molar-refractivity contribution in [3.8, 4) is 5.75 Å². The molecule has 1 heterocycles. The molecule has 2 rings (SSSR count). The summed E-state index contributed by atoms with van der Waals surface area (Å²) in [4.78, 5) is 4.57. The van der Waals surface area contributed by atoms with Crippen LogP contribution in [0.25, 0.3) is 0 Å². The molecule has 5 heteroatoms. The molecule has 112 valence electrons. The molecule has 21 heavy (non-hydrogen) atoms. The molecule has 0 radical (unpaired) electrons. The number of rotatable bonds is 6. The highest BCUT2D eigenvalue weighted by Gasteiger charge is 2.04. The zero-order valence-corrected chi connectivity index (χ0v) is 14.4. The number of hydrogen-bond donors (Lipinski definition) is 1. The van der Waals surface area contributed by atoms with Crippen LogP contribution in [0.2, 0.25) is 5.02 Å². The molecule has 0 fully saturated rings. The number of nitrogens with zero attached hydrogens (tertiary/aromatic N) is 1. The lowest BCUT2D eigenvalue weighted by atomic mass is 10.3. The molecule has 0 saturated carbocycles. The van der Waals surface area contributed by atoms with Gasteiger partial charge in [-0.2, -0.15) is 0 Å². The first kappa shape index (κ1) is 16.3. The van der Waals surface area contributed by atoms with E-state index in [4.69, 9.17) is 16.3 Å². The van der Waals surface area contributed by atoms with Gasteiger partial charge in [-0.15, -0.1) is 0 Å². The molecule has 1 N–H and O–H groups in total. The number of nitrogens with one attached hydrogen (secondary N) is 1. The quantitative estimate of drug-likeness (QED) is 0.809. The van der Waals surface area contributed by atoms with Crippen LogP contribution in [-0.4, -0.2) is 11.0 Å². The minimum Gasteiger partial charge on any atom is -0.486 e. The van der Waals surface area contributed by atoms with Gasteiger partial charge in [-0.25, -0.2) is 0 Å². The molecule has 0 amide bonds. The fourth-order valence-corrected chi connectivity index (χ4v) is 2.27. The summed E-state index contributed by atoms with van der Waals surface area (Å²) in [5.41, 5.74) is 1.89. The van der Waals surface area contributed by atoms with Gasteiger partial charge in [0.2, 0.25) is 0 Å². The van der Waals surface area contributed by atoms with Crippen LogP contribution < -0.4 is 10.1 Å². The van der Waals surface area contributed by atoms with Gasteiger partial charge in [-0.05, 0) is 30.3 Å². The van der Waals surface area contributed by atoms with Gasteiger partial charge in [0.05, 0.1) is 16.4 Å². The smallest absolute Gasteiger partial charge is 0.139 e. The molecule has 1 aromatic carbocycles. The van der Waals surface area contributed by atoms with E-state index < -0.39 is 0 Å². The van der Waals surface area contributed by atoms with Gasteiger partial charge in [-0.1, -0.05) is 47.4 Å². The lowest BCUT2D eigenvalue weighted by Gasteiger charge is -2.10. The maximum atomic E-state index is 6.10. The van der Waals surface area contributed by atoms with Gasteiger partial charge in [0.15, 0.2) is 0 Å². The summed E-state index contributed by atoms with van der Waals surface area (Å²) in [6, 6.07) is 11.9. The van der Waals surface area contributed by atoms with Crippen LogP contribution in [0.4, 0.5) is 0 Å². The van der Waals surface area contributed by atoms with Crippen molar-refractivity contribution in [1.82, 2.24) is 10.3 Å². The van der Waals surface area contributed by atoms with Crippen LogP contribution in [0.3, 0.4) is 0 Å². The maximum absolute atomic E-state index is 6.10. The Morgan fingerprint density at radius 1 is 1.24 bits per heavy atom. The summed E-state index contributed by atoms with van der Waals surface area (Å²) in [5.74, 6) is 0.651. The van der Waals surface area contributed by atoms with E-state index in [1.54, 1.807) is 6.07 Å². The van der Waals surface area contributed by atoms with Crippen molar-refractivity contribution >= 4 is 27.5 Å². The summed E-state index contributed by atoms with van der Waals surface area (Å²) in [6.07, 6.45) is 0. The van der Waals surface area contributed by atoms with E-state index in [0.29, 0.717) is 23.4 Å². The number of ether oxygens (including phenoxy) is 1. The summed E-state index contributed by atoms with van der Waals surface area (Å²) < 4.78 is 6.67. The van der Waals surface area contributed by atoms with Gasteiger partial charge in [-0.3, -0.25) is 4.98 Å². The second kappa shape index (κ2) is 7.78. The molecular formula is C16H18BrClN2O. The van der Waals surface area contributed by atoms with Crippen molar-refractivity contribution in [3.05, 3.63) is 57.3 Å². The molecular weight excluding hydrogens is 352 g/mol. The third-order valence-corrected chi connectivity index (χ3v) is 3.63. The highest BCUT2D eigenvalue weighted by molar-refractivity contribution is 9.10. The Hall–Kier alpha value is -1.10. The highest BCUT2D eigenvalue weighted by Crippen LogP contribution is 2.28. The van der Waals surface area contributed by atoms with E-state index in [9.17, 15) is 0 Å². The molecule has 2 aromatic rings. The van der Waals surface area contributed by atoms with Crippen molar-refractivity contribution in [3.63, 3.8) is 0 Å². The molecule has 0 aliphatic heterocycles. The third-order valence-electron chi connectivity index (χ3n) is 2.82. The Bertz CT molecular complexity index is 605. The minimum absolute atomic E-state index is 0.395. The second-order valence-corrected chi connectivity index (χ2v) is 6.34. The van der Waals surface area contributed by atoms with Crippen LogP contribution in [0.5, 0.6) is 5.75 Å². The first-order chi connectivity index (χ1) is 10.0. The van der Waals surface area contributed by atoms with E-state index in [-0.39, 0.29) is 0 Å². The fraction of sp³-hybridized carbons (Fsp3) is 0.312. The predicted octanol–water partition coefficient (Wildman–Crippen LogP) is 4.57. The lowest BCUT2D eigenvalue weighted by molar-refractivity contribution is 0.301.